The van der Waals surface area contributed by atoms with Gasteiger partial charge >= 0.3 is 0 Å². The second-order valence-electron chi connectivity index (χ2n) is 7.64. The van der Waals surface area contributed by atoms with Crippen LogP contribution < -0.4 is 10.0 Å². The topological polar surface area (TPSA) is 106 Å². The van der Waals surface area contributed by atoms with Gasteiger partial charge in [-0.15, -0.1) is 0 Å². The number of rotatable bonds is 7. The van der Waals surface area contributed by atoms with Crippen molar-refractivity contribution in [1.82, 2.24) is 14.8 Å². The van der Waals surface area contributed by atoms with Gasteiger partial charge < -0.3 is 5.32 Å². The molecule has 0 aliphatic carbocycles. The van der Waals surface area contributed by atoms with E-state index < -0.39 is 10.0 Å². The molecule has 0 radical (unpaired) electrons. The van der Waals surface area contributed by atoms with Crippen LogP contribution in [0.2, 0.25) is 0 Å². The van der Waals surface area contributed by atoms with Crippen LogP contribution in [0.5, 0.6) is 0 Å². The fraction of sp³-hybridized carbons (Fsp3) is 0.125. The molecule has 0 spiro atoms. The van der Waals surface area contributed by atoms with Gasteiger partial charge in [0.15, 0.2) is 5.82 Å². The largest absolute Gasteiger partial charge is 0.305 e. The van der Waals surface area contributed by atoms with Crippen molar-refractivity contribution >= 4 is 27.4 Å². The molecular formula is C24H23N5O3S. The van der Waals surface area contributed by atoms with Gasteiger partial charge in [-0.25, -0.2) is 8.42 Å². The molecule has 2 N–H and O–H groups in total. The zero-order chi connectivity index (χ0) is 23.4. The number of pyridine rings is 1. The van der Waals surface area contributed by atoms with Crippen LogP contribution in [0.4, 0.5) is 11.5 Å². The monoisotopic (exact) mass is 461 g/mol. The standard InChI is InChI=1S/C24H23N5O3S/c1-17-3-8-22(15-18(17)2)33(31,32)28-21-6-4-20(5-7-21)24(30)26-23-11-14-29(27-23)16-19-9-12-25-13-10-19/h3-15,28H,16H2,1-2H3,(H,26,27,30). The zero-order valence-electron chi connectivity index (χ0n) is 18.2. The van der Waals surface area contributed by atoms with E-state index in [1.807, 2.05) is 26.0 Å². The van der Waals surface area contributed by atoms with Gasteiger partial charge in [0.25, 0.3) is 15.9 Å². The fourth-order valence-electron chi connectivity index (χ4n) is 3.16. The van der Waals surface area contributed by atoms with E-state index in [9.17, 15) is 13.2 Å². The quantitative estimate of drug-likeness (QED) is 0.433. The van der Waals surface area contributed by atoms with E-state index in [1.54, 1.807) is 71.8 Å². The molecule has 2 aromatic heterocycles. The van der Waals surface area contributed by atoms with Crippen molar-refractivity contribution in [2.45, 2.75) is 25.3 Å². The van der Waals surface area contributed by atoms with E-state index in [-0.39, 0.29) is 10.8 Å². The number of hydrogen-bond donors (Lipinski definition) is 2. The molecule has 1 amide bonds. The smallest absolute Gasteiger partial charge is 0.261 e. The van der Waals surface area contributed by atoms with Crippen LogP contribution in [-0.2, 0) is 16.6 Å². The third-order valence-corrected chi connectivity index (χ3v) is 6.54. The average Bonchev–Trinajstić information content (AvgIpc) is 3.23. The Labute approximate surface area is 192 Å². The molecule has 9 heteroatoms. The minimum atomic E-state index is -3.72. The van der Waals surface area contributed by atoms with Crippen LogP contribution in [-0.4, -0.2) is 29.1 Å². The number of hydrogen-bond acceptors (Lipinski definition) is 5. The van der Waals surface area contributed by atoms with E-state index in [4.69, 9.17) is 0 Å². The Morgan fingerprint density at radius 3 is 2.36 bits per heavy atom. The van der Waals surface area contributed by atoms with Crippen molar-refractivity contribution in [1.29, 1.82) is 0 Å². The molecule has 0 unspecified atom stereocenters. The number of anilines is 2. The molecule has 33 heavy (non-hydrogen) atoms. The van der Waals surface area contributed by atoms with Crippen molar-refractivity contribution < 1.29 is 13.2 Å². The average molecular weight is 462 g/mol. The molecule has 4 aromatic rings. The summed E-state index contributed by atoms with van der Waals surface area (Å²) < 4.78 is 29.6. The first-order valence-electron chi connectivity index (χ1n) is 10.2. The summed E-state index contributed by atoms with van der Waals surface area (Å²) in [5.74, 6) is 0.0845. The van der Waals surface area contributed by atoms with E-state index in [2.05, 4.69) is 20.1 Å². The van der Waals surface area contributed by atoms with Crippen LogP contribution in [0.1, 0.15) is 27.0 Å². The summed E-state index contributed by atoms with van der Waals surface area (Å²) in [6, 6.07) is 16.7. The molecule has 0 atom stereocenters. The van der Waals surface area contributed by atoms with Crippen LogP contribution in [0.15, 0.2) is 84.1 Å². The molecule has 2 heterocycles. The summed E-state index contributed by atoms with van der Waals surface area (Å²) >= 11 is 0. The van der Waals surface area contributed by atoms with E-state index in [0.29, 0.717) is 23.6 Å². The highest BCUT2D eigenvalue weighted by atomic mass is 32.2. The van der Waals surface area contributed by atoms with E-state index >= 15 is 0 Å². The Bertz CT molecular complexity index is 1380. The zero-order valence-corrected chi connectivity index (χ0v) is 19.0. The van der Waals surface area contributed by atoms with Crippen LogP contribution in [0, 0.1) is 13.8 Å². The first kappa shape index (κ1) is 22.2. The molecule has 8 nitrogen and oxygen atoms in total. The van der Waals surface area contributed by atoms with Crippen molar-refractivity contribution in [3.05, 3.63) is 102 Å². The van der Waals surface area contributed by atoms with E-state index in [0.717, 1.165) is 16.7 Å². The Hall–Kier alpha value is -3.98. The number of aryl methyl sites for hydroxylation is 2. The number of carbonyl (C=O) groups excluding carboxylic acids is 1. The summed E-state index contributed by atoms with van der Waals surface area (Å²) in [5, 5.41) is 7.10. The number of amides is 1. The Kier molecular flexibility index (Phi) is 6.23. The van der Waals surface area contributed by atoms with Crippen molar-refractivity contribution in [2.75, 3.05) is 10.0 Å². The predicted octanol–water partition coefficient (Wildman–Crippen LogP) is 4.00. The van der Waals surface area contributed by atoms with E-state index in [1.165, 1.54) is 0 Å². The first-order chi connectivity index (χ1) is 15.8. The highest BCUT2D eigenvalue weighted by Gasteiger charge is 2.15. The fourth-order valence-corrected chi connectivity index (χ4v) is 4.31. The summed E-state index contributed by atoms with van der Waals surface area (Å²) in [6.45, 7) is 4.35. The highest BCUT2D eigenvalue weighted by molar-refractivity contribution is 7.92. The van der Waals surface area contributed by atoms with Gasteiger partial charge in [0.05, 0.1) is 11.4 Å². The maximum absolute atomic E-state index is 12.7. The van der Waals surface area contributed by atoms with Crippen molar-refractivity contribution in [3.8, 4) is 0 Å². The van der Waals surface area contributed by atoms with Crippen molar-refractivity contribution in [3.63, 3.8) is 0 Å². The molecule has 0 saturated heterocycles. The second-order valence-corrected chi connectivity index (χ2v) is 9.32. The molecular weight excluding hydrogens is 438 g/mol. The summed E-state index contributed by atoms with van der Waals surface area (Å²) in [4.78, 5) is 16.7. The number of nitrogens with zero attached hydrogens (tertiary/aromatic N) is 3. The third kappa shape index (κ3) is 5.45. The second kappa shape index (κ2) is 9.25. The lowest BCUT2D eigenvalue weighted by molar-refractivity contribution is 0.102. The van der Waals surface area contributed by atoms with Gasteiger partial charge in [0, 0.05) is 35.9 Å². The number of sulfonamides is 1. The summed E-state index contributed by atoms with van der Waals surface area (Å²) in [5.41, 5.74) is 3.71. The molecule has 0 aliphatic rings. The van der Waals surface area contributed by atoms with Crippen molar-refractivity contribution in [2.24, 2.45) is 0 Å². The van der Waals surface area contributed by atoms with Gasteiger partial charge in [0.2, 0.25) is 0 Å². The summed E-state index contributed by atoms with van der Waals surface area (Å²) in [6.07, 6.45) is 5.21. The molecule has 0 bridgehead atoms. The normalized spacial score (nSPS) is 11.2. The van der Waals surface area contributed by atoms with Crippen LogP contribution >= 0.6 is 0 Å². The van der Waals surface area contributed by atoms with Gasteiger partial charge in [-0.05, 0) is 79.1 Å². The minimum absolute atomic E-state index is 0.190. The maximum Gasteiger partial charge on any atom is 0.261 e. The molecule has 4 rings (SSSR count). The van der Waals surface area contributed by atoms with Gasteiger partial charge in [-0.1, -0.05) is 6.07 Å². The Balaban J connectivity index is 1.40. The predicted molar refractivity (Wildman–Crippen MR) is 127 cm³/mol. The number of aromatic nitrogens is 3. The Morgan fingerprint density at radius 2 is 1.67 bits per heavy atom. The Morgan fingerprint density at radius 1 is 0.939 bits per heavy atom. The maximum atomic E-state index is 12.7. The first-order valence-corrected chi connectivity index (χ1v) is 11.7. The SMILES string of the molecule is Cc1ccc(S(=O)(=O)Nc2ccc(C(=O)Nc3ccn(Cc4ccncc4)n3)cc2)cc1C. The third-order valence-electron chi connectivity index (χ3n) is 5.16. The highest BCUT2D eigenvalue weighted by Crippen LogP contribution is 2.19. The molecule has 0 aliphatic heterocycles. The summed E-state index contributed by atoms with van der Waals surface area (Å²) in [7, 11) is -3.72. The molecule has 0 saturated carbocycles. The molecule has 168 valence electrons. The van der Waals surface area contributed by atoms with Crippen LogP contribution in [0.3, 0.4) is 0 Å². The van der Waals surface area contributed by atoms with Gasteiger partial charge in [-0.2, -0.15) is 5.10 Å². The number of nitrogens with one attached hydrogen (secondary N) is 2. The number of carbonyl (C=O) groups is 1. The molecule has 0 fully saturated rings. The number of benzene rings is 2. The lowest BCUT2D eigenvalue weighted by Gasteiger charge is -2.10. The van der Waals surface area contributed by atoms with Gasteiger partial charge in [-0.3, -0.25) is 19.2 Å². The van der Waals surface area contributed by atoms with Crippen LogP contribution in [0.25, 0.3) is 0 Å². The lowest BCUT2D eigenvalue weighted by atomic mass is 10.1. The van der Waals surface area contributed by atoms with Gasteiger partial charge in [0.1, 0.15) is 0 Å². The minimum Gasteiger partial charge on any atom is -0.305 e. The lowest BCUT2D eigenvalue weighted by Crippen LogP contribution is -2.15. The molecule has 2 aromatic carbocycles.